The van der Waals surface area contributed by atoms with Crippen molar-refractivity contribution in [3.05, 3.63) is 113 Å². The number of nitro benzene ring substituents is 2. The Morgan fingerprint density at radius 1 is 1.02 bits per heavy atom. The minimum absolute atomic E-state index is 0.00550. The van der Waals surface area contributed by atoms with Crippen LogP contribution in [0.4, 0.5) is 11.4 Å². The molecular formula is C28H24BrN5O6. The van der Waals surface area contributed by atoms with Gasteiger partial charge in [-0.2, -0.15) is 9.78 Å². The van der Waals surface area contributed by atoms with Crippen LogP contribution in [0, 0.1) is 20.2 Å². The van der Waals surface area contributed by atoms with Gasteiger partial charge in [0.15, 0.2) is 5.75 Å². The molecule has 0 unspecified atom stereocenters. The van der Waals surface area contributed by atoms with Gasteiger partial charge in [-0.25, -0.2) is 4.98 Å². The minimum Gasteiger partial charge on any atom is -0.482 e. The SMILES string of the molecule is O=c1c2cc(Br)ccc2nc(C2CCCCC2)n1N=Cc1ccc(OCc2cccc([N+](=O)[O-])c2)c([N+](=O)[O-])c1. The van der Waals surface area contributed by atoms with Crippen LogP contribution in [0.1, 0.15) is 55.0 Å². The van der Waals surface area contributed by atoms with E-state index < -0.39 is 9.85 Å². The molecule has 1 aliphatic rings. The minimum atomic E-state index is -0.575. The molecule has 4 aromatic rings. The van der Waals surface area contributed by atoms with E-state index >= 15 is 0 Å². The highest BCUT2D eigenvalue weighted by molar-refractivity contribution is 9.10. The average molecular weight is 606 g/mol. The van der Waals surface area contributed by atoms with Gasteiger partial charge in [0.1, 0.15) is 12.4 Å². The predicted molar refractivity (Wildman–Crippen MR) is 153 cm³/mol. The molecule has 0 saturated heterocycles. The van der Waals surface area contributed by atoms with E-state index in [4.69, 9.17) is 9.72 Å². The summed E-state index contributed by atoms with van der Waals surface area (Å²) in [7, 11) is 0. The lowest BCUT2D eigenvalue weighted by Gasteiger charge is -2.22. The van der Waals surface area contributed by atoms with E-state index in [0.29, 0.717) is 27.9 Å². The van der Waals surface area contributed by atoms with Gasteiger partial charge in [0, 0.05) is 34.2 Å². The molecule has 1 aliphatic carbocycles. The molecule has 0 aliphatic heterocycles. The zero-order valence-electron chi connectivity index (χ0n) is 21.2. The summed E-state index contributed by atoms with van der Waals surface area (Å²) in [6.07, 6.45) is 6.46. The molecule has 1 saturated carbocycles. The highest BCUT2D eigenvalue weighted by Gasteiger charge is 2.23. The number of fused-ring (bicyclic) bond motifs is 1. The summed E-state index contributed by atoms with van der Waals surface area (Å²) in [5, 5.41) is 27.7. The lowest BCUT2D eigenvalue weighted by Crippen LogP contribution is -2.25. The Morgan fingerprint density at radius 3 is 2.58 bits per heavy atom. The first kappa shape index (κ1) is 27.1. The first-order valence-corrected chi connectivity index (χ1v) is 13.5. The number of ether oxygens (including phenoxy) is 1. The fourth-order valence-corrected chi connectivity index (χ4v) is 5.19. The smallest absolute Gasteiger partial charge is 0.311 e. The van der Waals surface area contributed by atoms with Crippen LogP contribution in [0.15, 0.2) is 75.0 Å². The van der Waals surface area contributed by atoms with Crippen LogP contribution in [0.3, 0.4) is 0 Å². The summed E-state index contributed by atoms with van der Waals surface area (Å²) in [6, 6.07) is 15.6. The topological polar surface area (TPSA) is 143 Å². The maximum Gasteiger partial charge on any atom is 0.311 e. The van der Waals surface area contributed by atoms with Crippen molar-refractivity contribution in [3.63, 3.8) is 0 Å². The number of nitrogens with zero attached hydrogens (tertiary/aromatic N) is 5. The Bertz CT molecular complexity index is 1700. The molecule has 5 rings (SSSR count). The predicted octanol–water partition coefficient (Wildman–Crippen LogP) is 6.48. The van der Waals surface area contributed by atoms with Gasteiger partial charge >= 0.3 is 5.69 Å². The molecule has 0 spiro atoms. The number of benzene rings is 3. The van der Waals surface area contributed by atoms with E-state index in [1.165, 1.54) is 41.2 Å². The van der Waals surface area contributed by atoms with Gasteiger partial charge in [-0.3, -0.25) is 25.0 Å². The summed E-state index contributed by atoms with van der Waals surface area (Å²) in [6.45, 7) is -0.0889. The zero-order valence-corrected chi connectivity index (χ0v) is 22.8. The molecule has 12 heteroatoms. The van der Waals surface area contributed by atoms with Crippen molar-refractivity contribution in [2.24, 2.45) is 5.10 Å². The van der Waals surface area contributed by atoms with E-state index in [9.17, 15) is 25.0 Å². The number of hydrogen-bond acceptors (Lipinski definition) is 8. The van der Waals surface area contributed by atoms with Crippen molar-refractivity contribution >= 4 is 44.4 Å². The zero-order chi connectivity index (χ0) is 28.2. The van der Waals surface area contributed by atoms with Gasteiger partial charge < -0.3 is 4.74 Å². The number of aromatic nitrogens is 2. The molecule has 1 aromatic heterocycles. The van der Waals surface area contributed by atoms with Crippen LogP contribution in [-0.4, -0.2) is 25.7 Å². The van der Waals surface area contributed by atoms with E-state index in [2.05, 4.69) is 21.0 Å². The van der Waals surface area contributed by atoms with Crippen LogP contribution < -0.4 is 10.3 Å². The molecule has 0 atom stereocenters. The molecule has 0 amide bonds. The second-order valence-corrected chi connectivity index (χ2v) is 10.4. The molecule has 0 radical (unpaired) electrons. The quantitative estimate of drug-likeness (QED) is 0.127. The third-order valence-corrected chi connectivity index (χ3v) is 7.31. The number of non-ortho nitro benzene ring substituents is 1. The molecule has 1 heterocycles. The maximum atomic E-state index is 13.5. The van der Waals surface area contributed by atoms with Crippen molar-refractivity contribution in [3.8, 4) is 5.75 Å². The summed E-state index contributed by atoms with van der Waals surface area (Å²) >= 11 is 3.41. The van der Waals surface area contributed by atoms with Crippen molar-refractivity contribution in [2.45, 2.75) is 44.6 Å². The van der Waals surface area contributed by atoms with E-state index in [-0.39, 0.29) is 35.2 Å². The van der Waals surface area contributed by atoms with Crippen molar-refractivity contribution in [1.82, 2.24) is 9.66 Å². The van der Waals surface area contributed by atoms with E-state index in [1.54, 1.807) is 24.3 Å². The lowest BCUT2D eigenvalue weighted by molar-refractivity contribution is -0.386. The van der Waals surface area contributed by atoms with Gasteiger partial charge in [0.2, 0.25) is 0 Å². The third kappa shape index (κ3) is 5.91. The molecule has 204 valence electrons. The number of hydrogen-bond donors (Lipinski definition) is 0. The van der Waals surface area contributed by atoms with Gasteiger partial charge in [-0.1, -0.05) is 47.3 Å². The molecule has 1 fully saturated rings. The second kappa shape index (κ2) is 11.7. The van der Waals surface area contributed by atoms with Crippen molar-refractivity contribution in [2.75, 3.05) is 0 Å². The van der Waals surface area contributed by atoms with Crippen LogP contribution in [-0.2, 0) is 6.61 Å². The Kier molecular flexibility index (Phi) is 7.96. The number of nitro groups is 2. The van der Waals surface area contributed by atoms with Crippen LogP contribution in [0.5, 0.6) is 5.75 Å². The highest BCUT2D eigenvalue weighted by atomic mass is 79.9. The first-order valence-electron chi connectivity index (χ1n) is 12.7. The number of halogens is 1. The molecule has 3 aromatic carbocycles. The summed E-state index contributed by atoms with van der Waals surface area (Å²) in [5.41, 5.74) is 0.787. The maximum absolute atomic E-state index is 13.5. The fraction of sp³-hybridized carbons (Fsp3) is 0.250. The third-order valence-electron chi connectivity index (χ3n) is 6.82. The lowest BCUT2D eigenvalue weighted by atomic mass is 9.88. The van der Waals surface area contributed by atoms with E-state index in [1.807, 2.05) is 6.07 Å². The molecular weight excluding hydrogens is 582 g/mol. The van der Waals surface area contributed by atoms with Gasteiger partial charge in [0.25, 0.3) is 11.2 Å². The summed E-state index contributed by atoms with van der Waals surface area (Å²) < 4.78 is 7.69. The Morgan fingerprint density at radius 2 is 1.82 bits per heavy atom. The van der Waals surface area contributed by atoms with E-state index in [0.717, 1.165) is 36.6 Å². The van der Waals surface area contributed by atoms with Gasteiger partial charge in [-0.05, 0) is 48.7 Å². The summed E-state index contributed by atoms with van der Waals surface area (Å²) in [5.74, 6) is 0.679. The largest absolute Gasteiger partial charge is 0.482 e. The fourth-order valence-electron chi connectivity index (χ4n) is 4.83. The highest BCUT2D eigenvalue weighted by Crippen LogP contribution is 2.32. The normalized spacial score (nSPS) is 14.0. The first-order chi connectivity index (χ1) is 19.3. The molecule has 0 N–H and O–H groups in total. The van der Waals surface area contributed by atoms with Crippen LogP contribution in [0.2, 0.25) is 0 Å². The van der Waals surface area contributed by atoms with Crippen LogP contribution in [0.25, 0.3) is 10.9 Å². The van der Waals surface area contributed by atoms with Crippen molar-refractivity contribution < 1.29 is 14.6 Å². The van der Waals surface area contributed by atoms with Crippen LogP contribution >= 0.6 is 15.9 Å². The molecule has 11 nitrogen and oxygen atoms in total. The molecule has 40 heavy (non-hydrogen) atoms. The Hall–Kier alpha value is -4.45. The van der Waals surface area contributed by atoms with Crippen molar-refractivity contribution in [1.29, 1.82) is 0 Å². The second-order valence-electron chi connectivity index (χ2n) is 9.53. The number of rotatable bonds is 8. The standard InChI is InChI=1S/C28H24BrN5O6/c29-21-10-11-24-23(15-21)28(35)32(27(31-24)20-6-2-1-3-7-20)30-16-18-9-12-26(25(14-18)34(38)39)40-17-19-5-4-8-22(13-19)33(36)37/h4-5,8-16,20H,1-3,6-7,17H2. The Balaban J connectivity index is 1.47. The average Bonchev–Trinajstić information content (AvgIpc) is 2.96. The van der Waals surface area contributed by atoms with Gasteiger partial charge in [0.05, 0.1) is 27.0 Å². The molecule has 0 bridgehead atoms. The Labute approximate surface area is 236 Å². The summed E-state index contributed by atoms with van der Waals surface area (Å²) in [4.78, 5) is 40.0. The monoisotopic (exact) mass is 605 g/mol. The van der Waals surface area contributed by atoms with Gasteiger partial charge in [-0.15, -0.1) is 0 Å².